The van der Waals surface area contributed by atoms with Crippen LogP contribution >= 0.6 is 0 Å². The molecule has 1 aromatic rings. The average molecular weight is 285 g/mol. The van der Waals surface area contributed by atoms with E-state index < -0.39 is 0 Å². The predicted octanol–water partition coefficient (Wildman–Crippen LogP) is 4.00. The maximum Gasteiger partial charge on any atom is 0.146 e. The van der Waals surface area contributed by atoms with E-state index in [0.717, 1.165) is 0 Å². The third-order valence-corrected chi connectivity index (χ3v) is 2.91. The second-order valence-electron chi connectivity index (χ2n) is 4.28. The molecule has 110 valence electrons. The van der Waals surface area contributed by atoms with Crippen molar-refractivity contribution in [1.82, 2.24) is 0 Å². The monoisotopic (exact) mass is 285 g/mol. The van der Waals surface area contributed by atoms with Gasteiger partial charge in [-0.25, -0.2) is 4.39 Å². The number of benzene rings is 1. The summed E-state index contributed by atoms with van der Waals surface area (Å²) >= 11 is 0. The second kappa shape index (κ2) is 7.94. The molecular formula is C17H20FN3. The van der Waals surface area contributed by atoms with Gasteiger partial charge in [-0.3, -0.25) is 10.4 Å². The Bertz CT molecular complexity index is 612. The van der Waals surface area contributed by atoms with Crippen molar-refractivity contribution in [3.8, 4) is 0 Å². The maximum atomic E-state index is 14.0. The summed E-state index contributed by atoms with van der Waals surface area (Å²) in [5.74, 6) is -0.331. The van der Waals surface area contributed by atoms with Gasteiger partial charge in [0.05, 0.1) is 17.1 Å². The van der Waals surface area contributed by atoms with E-state index in [1.807, 2.05) is 6.92 Å². The van der Waals surface area contributed by atoms with Gasteiger partial charge in [0.2, 0.25) is 0 Å². The zero-order chi connectivity index (χ0) is 15.8. The number of halogens is 1. The summed E-state index contributed by atoms with van der Waals surface area (Å²) in [5.41, 5.74) is 1.76. The fraction of sp³-hybridized carbons (Fsp3) is 0.176. The number of nitrogens with one attached hydrogen (secondary N) is 1. The van der Waals surface area contributed by atoms with E-state index in [9.17, 15) is 4.39 Å². The van der Waals surface area contributed by atoms with Crippen LogP contribution < -0.4 is 4.90 Å². The molecule has 0 radical (unpaired) electrons. The molecule has 1 rings (SSSR count). The molecule has 0 aliphatic rings. The molecule has 0 aliphatic carbocycles. The lowest BCUT2D eigenvalue weighted by molar-refractivity contribution is 0.627. The van der Waals surface area contributed by atoms with Crippen molar-refractivity contribution in [2.75, 3.05) is 19.0 Å². The smallest absolute Gasteiger partial charge is 0.146 e. The van der Waals surface area contributed by atoms with Crippen LogP contribution in [0, 0.1) is 11.2 Å². The van der Waals surface area contributed by atoms with E-state index in [-0.39, 0.29) is 11.5 Å². The van der Waals surface area contributed by atoms with Gasteiger partial charge in [0.25, 0.3) is 0 Å². The van der Waals surface area contributed by atoms with E-state index in [1.54, 1.807) is 61.5 Å². The summed E-state index contributed by atoms with van der Waals surface area (Å²) < 4.78 is 14.0. The highest BCUT2D eigenvalue weighted by atomic mass is 19.1. The van der Waals surface area contributed by atoms with Crippen molar-refractivity contribution in [2.45, 2.75) is 6.92 Å². The lowest BCUT2D eigenvalue weighted by Crippen LogP contribution is -2.28. The Hall–Kier alpha value is -2.49. The first kappa shape index (κ1) is 16.6. The van der Waals surface area contributed by atoms with Crippen molar-refractivity contribution in [3.05, 3.63) is 66.7 Å². The van der Waals surface area contributed by atoms with Gasteiger partial charge in [0.1, 0.15) is 11.5 Å². The molecule has 0 bridgehead atoms. The van der Waals surface area contributed by atoms with Gasteiger partial charge in [0.15, 0.2) is 0 Å². The predicted molar refractivity (Wildman–Crippen MR) is 89.0 cm³/mol. The zero-order valence-corrected chi connectivity index (χ0v) is 12.6. The molecule has 3 nitrogen and oxygen atoms in total. The first-order chi connectivity index (χ1) is 10.1. The molecule has 0 amide bonds. The fourth-order valence-electron chi connectivity index (χ4n) is 1.93. The van der Waals surface area contributed by atoms with Gasteiger partial charge in [-0.2, -0.15) is 0 Å². The van der Waals surface area contributed by atoms with E-state index in [2.05, 4.69) is 11.6 Å². The Labute approximate surface area is 125 Å². The highest BCUT2D eigenvalue weighted by Gasteiger charge is 2.17. The molecule has 1 aromatic carbocycles. The van der Waals surface area contributed by atoms with Crippen molar-refractivity contribution < 1.29 is 4.39 Å². The number of hydrogen-bond donors (Lipinski definition) is 1. The Morgan fingerprint density at radius 3 is 2.57 bits per heavy atom. The standard InChI is InChI=1S/C17H20FN3/c1-5-9-14(19)17(20-3)16(10-6-2)21(4)15-12-8-7-11-13(15)18/h5-12,19H,2H2,1,3-4H3/b9-5-,16-10-,19-14?,20-17?. The van der Waals surface area contributed by atoms with Gasteiger partial charge in [-0.15, -0.1) is 0 Å². The van der Waals surface area contributed by atoms with Crippen LogP contribution in [0.5, 0.6) is 0 Å². The number of nitrogens with zero attached hydrogens (tertiary/aromatic N) is 2. The summed E-state index contributed by atoms with van der Waals surface area (Å²) in [5, 5.41) is 8.05. The molecule has 21 heavy (non-hydrogen) atoms. The van der Waals surface area contributed by atoms with Crippen molar-refractivity contribution in [1.29, 1.82) is 5.41 Å². The second-order valence-corrected chi connectivity index (χ2v) is 4.28. The van der Waals surface area contributed by atoms with Crippen LogP contribution in [0.2, 0.25) is 0 Å². The molecule has 0 aliphatic heterocycles. The van der Waals surface area contributed by atoms with Gasteiger partial charge >= 0.3 is 0 Å². The molecule has 0 unspecified atom stereocenters. The lowest BCUT2D eigenvalue weighted by atomic mass is 10.1. The zero-order valence-electron chi connectivity index (χ0n) is 12.6. The minimum atomic E-state index is -0.331. The Morgan fingerprint density at radius 1 is 1.38 bits per heavy atom. The lowest BCUT2D eigenvalue weighted by Gasteiger charge is -2.24. The Morgan fingerprint density at radius 2 is 2.05 bits per heavy atom. The van der Waals surface area contributed by atoms with Crippen LogP contribution in [0.4, 0.5) is 10.1 Å². The highest BCUT2D eigenvalue weighted by molar-refractivity contribution is 6.51. The first-order valence-electron chi connectivity index (χ1n) is 6.56. The number of rotatable bonds is 6. The molecule has 0 saturated carbocycles. The summed E-state index contributed by atoms with van der Waals surface area (Å²) in [6.45, 7) is 5.51. The normalized spacial score (nSPS) is 12.6. The van der Waals surface area contributed by atoms with Crippen LogP contribution in [-0.4, -0.2) is 25.5 Å². The van der Waals surface area contributed by atoms with E-state index in [4.69, 9.17) is 5.41 Å². The van der Waals surface area contributed by atoms with E-state index >= 15 is 0 Å². The molecule has 1 N–H and O–H groups in total. The van der Waals surface area contributed by atoms with E-state index in [0.29, 0.717) is 17.1 Å². The number of hydrogen-bond acceptors (Lipinski definition) is 3. The summed E-state index contributed by atoms with van der Waals surface area (Å²) in [6, 6.07) is 6.48. The number of allylic oxidation sites excluding steroid dienone is 5. The van der Waals surface area contributed by atoms with Gasteiger partial charge < -0.3 is 4.90 Å². The third-order valence-electron chi connectivity index (χ3n) is 2.91. The average Bonchev–Trinajstić information content (AvgIpc) is 2.47. The van der Waals surface area contributed by atoms with Crippen LogP contribution in [0.15, 0.2) is 65.8 Å². The summed E-state index contributed by atoms with van der Waals surface area (Å²) in [4.78, 5) is 5.83. The number of anilines is 1. The van der Waals surface area contributed by atoms with Crippen LogP contribution in [0.3, 0.4) is 0 Å². The third kappa shape index (κ3) is 3.99. The molecule has 4 heteroatoms. The summed E-state index contributed by atoms with van der Waals surface area (Å²) in [6.07, 6.45) is 6.73. The van der Waals surface area contributed by atoms with Crippen molar-refractivity contribution in [3.63, 3.8) is 0 Å². The molecule has 0 saturated heterocycles. The maximum absolute atomic E-state index is 14.0. The molecule has 0 atom stereocenters. The quantitative estimate of drug-likeness (QED) is 0.623. The topological polar surface area (TPSA) is 39.5 Å². The molecule has 0 heterocycles. The van der Waals surface area contributed by atoms with Crippen LogP contribution in [-0.2, 0) is 0 Å². The minimum Gasteiger partial charge on any atom is -0.340 e. The largest absolute Gasteiger partial charge is 0.340 e. The molecule has 0 spiro atoms. The minimum absolute atomic E-state index is 0.260. The summed E-state index contributed by atoms with van der Waals surface area (Å²) in [7, 11) is 3.35. The number of para-hydroxylation sites is 1. The first-order valence-corrected chi connectivity index (χ1v) is 6.56. The Balaban J connectivity index is 3.31. The fourth-order valence-corrected chi connectivity index (χ4v) is 1.93. The van der Waals surface area contributed by atoms with Crippen LogP contribution in [0.25, 0.3) is 0 Å². The highest BCUT2D eigenvalue weighted by Crippen LogP contribution is 2.22. The van der Waals surface area contributed by atoms with Crippen molar-refractivity contribution in [2.24, 2.45) is 4.99 Å². The van der Waals surface area contributed by atoms with E-state index in [1.165, 1.54) is 6.07 Å². The van der Waals surface area contributed by atoms with Crippen LogP contribution in [0.1, 0.15) is 6.92 Å². The van der Waals surface area contributed by atoms with Crippen molar-refractivity contribution >= 4 is 17.1 Å². The number of aliphatic imine (C=N–C) groups is 1. The van der Waals surface area contributed by atoms with Gasteiger partial charge in [-0.1, -0.05) is 30.9 Å². The molecular weight excluding hydrogens is 265 g/mol. The SMILES string of the molecule is C=C/C=C(/C(=NC)C(=N)/C=C\C)N(C)c1ccccc1F. The van der Waals surface area contributed by atoms with Gasteiger partial charge in [0, 0.05) is 14.1 Å². The molecule has 0 aromatic heterocycles. The molecule has 0 fully saturated rings. The van der Waals surface area contributed by atoms with Gasteiger partial charge in [-0.05, 0) is 31.2 Å². The Kier molecular flexibility index (Phi) is 6.27.